The molecule has 7 heteroatoms. The number of aryl methyl sites for hydroxylation is 1. The van der Waals surface area contributed by atoms with Crippen LogP contribution in [0.15, 0.2) is 17.3 Å². The fraction of sp³-hybridized carbons (Fsp3) is 0.529. The van der Waals surface area contributed by atoms with E-state index in [-0.39, 0.29) is 5.78 Å². The van der Waals surface area contributed by atoms with Crippen molar-refractivity contribution in [3.8, 4) is 11.4 Å². The van der Waals surface area contributed by atoms with Crippen molar-refractivity contribution in [1.29, 1.82) is 0 Å². The Labute approximate surface area is 142 Å². The molecule has 0 fully saturated rings. The van der Waals surface area contributed by atoms with Gasteiger partial charge in [0.2, 0.25) is 0 Å². The molecular formula is C17H26N6O. The van der Waals surface area contributed by atoms with Gasteiger partial charge in [-0.15, -0.1) is 0 Å². The number of aromatic nitrogens is 4. The van der Waals surface area contributed by atoms with E-state index < -0.39 is 0 Å². The topological polar surface area (TPSA) is 79.2 Å². The van der Waals surface area contributed by atoms with Crippen molar-refractivity contribution in [2.45, 2.75) is 40.5 Å². The second-order valence-corrected chi connectivity index (χ2v) is 5.84. The molecule has 2 heterocycles. The Hall–Kier alpha value is -2.44. The maximum Gasteiger partial charge on any atom is 0.180 e. The minimum atomic E-state index is -0.0557. The van der Waals surface area contributed by atoms with E-state index in [2.05, 4.69) is 34.0 Å². The first-order valence-electron chi connectivity index (χ1n) is 8.37. The Bertz CT molecular complexity index is 708. The molecule has 2 aromatic rings. The summed E-state index contributed by atoms with van der Waals surface area (Å²) in [6.07, 6.45) is 3.76. The Kier molecular flexibility index (Phi) is 5.89. The van der Waals surface area contributed by atoms with E-state index in [0.717, 1.165) is 37.5 Å². The Balaban J connectivity index is 2.54. The van der Waals surface area contributed by atoms with Gasteiger partial charge in [0, 0.05) is 33.3 Å². The predicted octanol–water partition coefficient (Wildman–Crippen LogP) is 3.18. The molecule has 7 nitrogen and oxygen atoms in total. The molecule has 2 rings (SSSR count). The molecule has 1 N–H and O–H groups in total. The predicted molar refractivity (Wildman–Crippen MR) is 95.7 cm³/mol. The Morgan fingerprint density at radius 3 is 2.46 bits per heavy atom. The summed E-state index contributed by atoms with van der Waals surface area (Å²) in [5.41, 5.74) is 2.51. The quantitative estimate of drug-likeness (QED) is 0.480. The second-order valence-electron chi connectivity index (χ2n) is 5.84. The van der Waals surface area contributed by atoms with Crippen molar-refractivity contribution >= 4 is 17.3 Å². The van der Waals surface area contributed by atoms with E-state index in [1.807, 2.05) is 13.0 Å². The maximum atomic E-state index is 12.1. The van der Waals surface area contributed by atoms with Gasteiger partial charge in [0.1, 0.15) is 22.9 Å². The van der Waals surface area contributed by atoms with E-state index in [4.69, 9.17) is 4.99 Å². The van der Waals surface area contributed by atoms with Crippen molar-refractivity contribution < 1.29 is 4.79 Å². The van der Waals surface area contributed by atoms with Gasteiger partial charge in [-0.1, -0.05) is 13.8 Å². The number of H-pyrrole nitrogens is 1. The summed E-state index contributed by atoms with van der Waals surface area (Å²) in [7, 11) is 1.76. The van der Waals surface area contributed by atoms with Gasteiger partial charge in [-0.25, -0.2) is 4.99 Å². The summed E-state index contributed by atoms with van der Waals surface area (Å²) in [5, 5.41) is 11.4. The van der Waals surface area contributed by atoms with Crippen molar-refractivity contribution in [1.82, 2.24) is 24.9 Å². The number of carbonyl (C=O) groups excluding carboxylic acids is 1. The first kappa shape index (κ1) is 17.9. The molecule has 0 saturated carbocycles. The molecule has 0 saturated heterocycles. The molecule has 0 aliphatic heterocycles. The lowest BCUT2D eigenvalue weighted by Crippen LogP contribution is -2.30. The summed E-state index contributed by atoms with van der Waals surface area (Å²) in [5.74, 6) is 0.842. The molecule has 0 unspecified atom stereocenters. The Morgan fingerprint density at radius 1 is 1.29 bits per heavy atom. The summed E-state index contributed by atoms with van der Waals surface area (Å²) in [6, 6.07) is 1.83. The van der Waals surface area contributed by atoms with Crippen LogP contribution in [-0.2, 0) is 7.05 Å². The third kappa shape index (κ3) is 3.72. The van der Waals surface area contributed by atoms with Crippen molar-refractivity contribution in [2.75, 3.05) is 13.1 Å². The van der Waals surface area contributed by atoms with E-state index in [9.17, 15) is 4.79 Å². The largest absolute Gasteiger partial charge is 0.360 e. The summed E-state index contributed by atoms with van der Waals surface area (Å²) in [4.78, 5) is 19.1. The summed E-state index contributed by atoms with van der Waals surface area (Å²) >= 11 is 0. The highest BCUT2D eigenvalue weighted by Crippen LogP contribution is 2.32. The Morgan fingerprint density at radius 2 is 1.96 bits per heavy atom. The molecule has 0 spiro atoms. The molecular weight excluding hydrogens is 304 g/mol. The highest BCUT2D eigenvalue weighted by atomic mass is 16.1. The molecule has 24 heavy (non-hydrogen) atoms. The minimum Gasteiger partial charge on any atom is -0.360 e. The lowest BCUT2D eigenvalue weighted by Gasteiger charge is -2.23. The highest BCUT2D eigenvalue weighted by Gasteiger charge is 2.22. The van der Waals surface area contributed by atoms with Crippen LogP contribution in [0.2, 0.25) is 0 Å². The van der Waals surface area contributed by atoms with Gasteiger partial charge < -0.3 is 4.90 Å². The number of ketones is 1. The van der Waals surface area contributed by atoms with Gasteiger partial charge in [-0.2, -0.15) is 10.2 Å². The van der Waals surface area contributed by atoms with Gasteiger partial charge in [0.05, 0.1) is 5.69 Å². The van der Waals surface area contributed by atoms with Crippen LogP contribution in [0, 0.1) is 0 Å². The van der Waals surface area contributed by atoms with Crippen LogP contribution in [0.4, 0.5) is 5.69 Å². The van der Waals surface area contributed by atoms with Crippen LogP contribution >= 0.6 is 0 Å². The molecule has 130 valence electrons. The van der Waals surface area contributed by atoms with Gasteiger partial charge in [-0.05, 0) is 25.8 Å². The third-order valence-electron chi connectivity index (χ3n) is 3.83. The molecule has 0 amide bonds. The second kappa shape index (κ2) is 7.90. The number of Topliss-reactive ketones (excluding diaryl/α,β-unsaturated/α-hetero) is 1. The van der Waals surface area contributed by atoms with Crippen molar-refractivity contribution in [2.24, 2.45) is 12.0 Å². The summed E-state index contributed by atoms with van der Waals surface area (Å²) < 4.78 is 1.59. The number of aromatic amines is 1. The van der Waals surface area contributed by atoms with E-state index in [1.165, 1.54) is 6.92 Å². The average Bonchev–Trinajstić information content (AvgIpc) is 3.14. The van der Waals surface area contributed by atoms with Gasteiger partial charge >= 0.3 is 0 Å². The molecule has 0 aliphatic carbocycles. The van der Waals surface area contributed by atoms with Crippen molar-refractivity contribution in [3.63, 3.8) is 0 Å². The number of hydrogen-bond donors (Lipinski definition) is 1. The first-order chi connectivity index (χ1) is 11.5. The smallest absolute Gasteiger partial charge is 0.180 e. The van der Waals surface area contributed by atoms with Crippen LogP contribution in [0.1, 0.15) is 51.0 Å². The minimum absolute atomic E-state index is 0.0557. The molecule has 0 atom stereocenters. The lowest BCUT2D eigenvalue weighted by molar-refractivity contribution is 0.100. The van der Waals surface area contributed by atoms with Crippen molar-refractivity contribution in [3.05, 3.63) is 18.0 Å². The highest BCUT2D eigenvalue weighted by molar-refractivity contribution is 6.01. The molecule has 0 radical (unpaired) electrons. The lowest BCUT2D eigenvalue weighted by atomic mass is 10.2. The zero-order valence-electron chi connectivity index (χ0n) is 15.1. The zero-order valence-corrected chi connectivity index (χ0v) is 15.1. The molecule has 0 aromatic carbocycles. The van der Waals surface area contributed by atoms with Crippen LogP contribution in [0.3, 0.4) is 0 Å². The monoisotopic (exact) mass is 330 g/mol. The van der Waals surface area contributed by atoms with Crippen LogP contribution < -0.4 is 0 Å². The van der Waals surface area contributed by atoms with Gasteiger partial charge in [-0.3, -0.25) is 14.6 Å². The summed E-state index contributed by atoms with van der Waals surface area (Å²) in [6.45, 7) is 9.71. The van der Waals surface area contributed by atoms with Gasteiger partial charge in [0.15, 0.2) is 5.78 Å². The SMILES string of the molecule is CCCN(CCC)C(C)=Nc1c(-c2ccn[nH]2)nn(C)c1C(C)=O. The average molecular weight is 330 g/mol. The number of amidine groups is 1. The zero-order chi connectivity index (χ0) is 17.7. The van der Waals surface area contributed by atoms with E-state index >= 15 is 0 Å². The fourth-order valence-electron chi connectivity index (χ4n) is 2.79. The van der Waals surface area contributed by atoms with Crippen LogP contribution in [-0.4, -0.2) is 49.6 Å². The number of aliphatic imine (C=N–C) groups is 1. The van der Waals surface area contributed by atoms with Crippen LogP contribution in [0.5, 0.6) is 0 Å². The van der Waals surface area contributed by atoms with Gasteiger partial charge in [0.25, 0.3) is 0 Å². The third-order valence-corrected chi connectivity index (χ3v) is 3.83. The number of hydrogen-bond acceptors (Lipinski definition) is 4. The molecule has 0 bridgehead atoms. The number of nitrogens with zero attached hydrogens (tertiary/aromatic N) is 5. The molecule has 2 aromatic heterocycles. The van der Waals surface area contributed by atoms with Crippen LogP contribution in [0.25, 0.3) is 11.4 Å². The standard InChI is InChI=1S/C17H26N6O/c1-6-10-23(11-7-2)13(4)19-16-15(14-8-9-18-20-14)21-22(5)17(16)12(3)24/h8-9H,6-7,10-11H2,1-5H3,(H,18,20). The number of rotatable bonds is 7. The number of nitrogens with one attached hydrogen (secondary N) is 1. The first-order valence-corrected chi connectivity index (χ1v) is 8.37. The molecule has 0 aliphatic rings. The normalized spacial score (nSPS) is 11.8. The van der Waals surface area contributed by atoms with E-state index in [1.54, 1.807) is 17.9 Å². The number of carbonyl (C=O) groups is 1. The maximum absolute atomic E-state index is 12.1. The van der Waals surface area contributed by atoms with E-state index in [0.29, 0.717) is 17.1 Å². The fourth-order valence-corrected chi connectivity index (χ4v) is 2.79.